The van der Waals surface area contributed by atoms with E-state index < -0.39 is 0 Å². The van der Waals surface area contributed by atoms with Gasteiger partial charge < -0.3 is 15.0 Å². The summed E-state index contributed by atoms with van der Waals surface area (Å²) in [5, 5.41) is 3.02. The van der Waals surface area contributed by atoms with Crippen molar-refractivity contribution in [3.63, 3.8) is 0 Å². The van der Waals surface area contributed by atoms with Gasteiger partial charge in [0, 0.05) is 29.3 Å². The highest BCUT2D eigenvalue weighted by atomic mass is 32.1. The zero-order valence-electron chi connectivity index (χ0n) is 15.0. The van der Waals surface area contributed by atoms with Crippen molar-refractivity contribution in [3.8, 4) is 0 Å². The van der Waals surface area contributed by atoms with Crippen LogP contribution in [-0.2, 0) is 17.6 Å². The van der Waals surface area contributed by atoms with Crippen molar-refractivity contribution < 1.29 is 9.53 Å². The smallest absolute Gasteiger partial charge is 0.265 e. The molecule has 0 saturated carbocycles. The van der Waals surface area contributed by atoms with Gasteiger partial charge in [0.25, 0.3) is 5.91 Å². The van der Waals surface area contributed by atoms with Gasteiger partial charge in [0.05, 0.1) is 18.1 Å². The van der Waals surface area contributed by atoms with E-state index in [2.05, 4.69) is 36.2 Å². The SMILES string of the molecule is CCCc1sc(C(=O)Nc2ccc(N3CCOCC3)cc2)cc1CC. The molecule has 0 atom stereocenters. The van der Waals surface area contributed by atoms with E-state index >= 15 is 0 Å². The minimum Gasteiger partial charge on any atom is -0.378 e. The Labute approximate surface area is 153 Å². The molecule has 2 aromatic rings. The summed E-state index contributed by atoms with van der Waals surface area (Å²) in [6.07, 6.45) is 3.14. The average molecular weight is 359 g/mol. The Hall–Kier alpha value is -1.85. The van der Waals surface area contributed by atoms with Gasteiger partial charge in [0.1, 0.15) is 0 Å². The lowest BCUT2D eigenvalue weighted by Crippen LogP contribution is -2.36. The number of hydrogen-bond acceptors (Lipinski definition) is 4. The van der Waals surface area contributed by atoms with Crippen LogP contribution in [0.5, 0.6) is 0 Å². The third-order valence-corrected chi connectivity index (χ3v) is 5.72. The van der Waals surface area contributed by atoms with E-state index in [1.807, 2.05) is 18.2 Å². The summed E-state index contributed by atoms with van der Waals surface area (Å²) in [5.41, 5.74) is 3.32. The number of amides is 1. The molecule has 0 aliphatic carbocycles. The van der Waals surface area contributed by atoms with Crippen molar-refractivity contribution in [1.29, 1.82) is 0 Å². The molecule has 1 aliphatic heterocycles. The molecule has 0 radical (unpaired) electrons. The van der Waals surface area contributed by atoms with E-state index in [0.717, 1.165) is 56.1 Å². The number of hydrogen-bond donors (Lipinski definition) is 1. The van der Waals surface area contributed by atoms with Gasteiger partial charge in [-0.15, -0.1) is 11.3 Å². The highest BCUT2D eigenvalue weighted by molar-refractivity contribution is 7.14. The molecule has 0 bridgehead atoms. The zero-order valence-corrected chi connectivity index (χ0v) is 15.8. The Morgan fingerprint density at radius 2 is 1.92 bits per heavy atom. The molecule has 3 rings (SSSR count). The minimum atomic E-state index is -0.0128. The first-order valence-corrected chi connectivity index (χ1v) is 9.88. The van der Waals surface area contributed by atoms with Crippen LogP contribution in [0.3, 0.4) is 0 Å². The van der Waals surface area contributed by atoms with Crippen LogP contribution in [-0.4, -0.2) is 32.2 Å². The van der Waals surface area contributed by atoms with Crippen LogP contribution < -0.4 is 10.2 Å². The average Bonchev–Trinajstić information content (AvgIpc) is 3.07. The summed E-state index contributed by atoms with van der Waals surface area (Å²) < 4.78 is 5.39. The standard InChI is InChI=1S/C20H26N2O2S/c1-3-5-18-15(4-2)14-19(25-18)20(23)21-16-6-8-17(9-7-16)22-10-12-24-13-11-22/h6-9,14H,3-5,10-13H2,1-2H3,(H,21,23). The first-order chi connectivity index (χ1) is 12.2. The van der Waals surface area contributed by atoms with Crippen LogP contribution in [0.4, 0.5) is 11.4 Å². The van der Waals surface area contributed by atoms with Crippen molar-refractivity contribution >= 4 is 28.6 Å². The molecule has 1 saturated heterocycles. The second-order valence-corrected chi connectivity index (χ2v) is 7.40. The monoisotopic (exact) mass is 358 g/mol. The Balaban J connectivity index is 1.66. The van der Waals surface area contributed by atoms with Crippen molar-refractivity contribution in [2.24, 2.45) is 0 Å². The van der Waals surface area contributed by atoms with Crippen molar-refractivity contribution in [1.82, 2.24) is 0 Å². The molecule has 0 unspecified atom stereocenters. The maximum Gasteiger partial charge on any atom is 0.265 e. The summed E-state index contributed by atoms with van der Waals surface area (Å²) in [6, 6.07) is 10.1. The summed E-state index contributed by atoms with van der Waals surface area (Å²) in [6.45, 7) is 7.71. The van der Waals surface area contributed by atoms with Gasteiger partial charge in [0.2, 0.25) is 0 Å². The topological polar surface area (TPSA) is 41.6 Å². The summed E-state index contributed by atoms with van der Waals surface area (Å²) in [7, 11) is 0. The molecule has 134 valence electrons. The largest absolute Gasteiger partial charge is 0.378 e. The van der Waals surface area contributed by atoms with E-state index in [1.165, 1.54) is 16.1 Å². The third-order valence-electron chi connectivity index (χ3n) is 4.48. The van der Waals surface area contributed by atoms with Gasteiger partial charge in [-0.2, -0.15) is 0 Å². The predicted molar refractivity (Wildman–Crippen MR) is 105 cm³/mol. The molecule has 1 aromatic heterocycles. The van der Waals surface area contributed by atoms with Gasteiger partial charge in [-0.25, -0.2) is 0 Å². The molecule has 1 amide bonds. The van der Waals surface area contributed by atoms with E-state index in [0.29, 0.717) is 0 Å². The quantitative estimate of drug-likeness (QED) is 0.834. The van der Waals surface area contributed by atoms with Crippen LogP contribution in [0.1, 0.15) is 40.4 Å². The number of rotatable bonds is 6. The van der Waals surface area contributed by atoms with Gasteiger partial charge in [-0.3, -0.25) is 4.79 Å². The number of anilines is 2. The van der Waals surface area contributed by atoms with Gasteiger partial charge in [0.15, 0.2) is 0 Å². The fourth-order valence-electron chi connectivity index (χ4n) is 3.09. The van der Waals surface area contributed by atoms with Crippen molar-refractivity contribution in [2.45, 2.75) is 33.1 Å². The lowest BCUT2D eigenvalue weighted by atomic mass is 10.1. The molecule has 0 spiro atoms. The molecule has 1 aromatic carbocycles. The lowest BCUT2D eigenvalue weighted by molar-refractivity contribution is 0.103. The van der Waals surface area contributed by atoms with E-state index in [1.54, 1.807) is 11.3 Å². The van der Waals surface area contributed by atoms with Crippen molar-refractivity contribution in [2.75, 3.05) is 36.5 Å². The van der Waals surface area contributed by atoms with E-state index in [4.69, 9.17) is 4.74 Å². The van der Waals surface area contributed by atoms with E-state index in [9.17, 15) is 4.79 Å². The number of nitrogens with one attached hydrogen (secondary N) is 1. The molecule has 25 heavy (non-hydrogen) atoms. The van der Waals surface area contributed by atoms with Gasteiger partial charge in [-0.05, 0) is 48.7 Å². The molecule has 1 N–H and O–H groups in total. The highest BCUT2D eigenvalue weighted by Gasteiger charge is 2.14. The third kappa shape index (κ3) is 4.41. The first-order valence-electron chi connectivity index (χ1n) is 9.07. The fourth-order valence-corrected chi connectivity index (χ4v) is 4.34. The van der Waals surface area contributed by atoms with Crippen LogP contribution >= 0.6 is 11.3 Å². The summed E-state index contributed by atoms with van der Waals surface area (Å²) >= 11 is 1.63. The minimum absolute atomic E-state index is 0.0128. The zero-order chi connectivity index (χ0) is 17.6. The molecule has 2 heterocycles. The van der Waals surface area contributed by atoms with Crippen LogP contribution in [0.25, 0.3) is 0 Å². The predicted octanol–water partition coefficient (Wildman–Crippen LogP) is 4.35. The Morgan fingerprint density at radius 1 is 1.20 bits per heavy atom. The highest BCUT2D eigenvalue weighted by Crippen LogP contribution is 2.26. The molecular formula is C20H26N2O2S. The maximum absolute atomic E-state index is 12.6. The van der Waals surface area contributed by atoms with Crippen molar-refractivity contribution in [3.05, 3.63) is 45.6 Å². The number of aryl methyl sites for hydroxylation is 2. The van der Waals surface area contributed by atoms with Crippen LogP contribution in [0.2, 0.25) is 0 Å². The van der Waals surface area contributed by atoms with Crippen LogP contribution in [0.15, 0.2) is 30.3 Å². The van der Waals surface area contributed by atoms with Gasteiger partial charge in [-0.1, -0.05) is 20.3 Å². The number of morpholine rings is 1. The lowest BCUT2D eigenvalue weighted by Gasteiger charge is -2.28. The Kier molecular flexibility index (Phi) is 6.10. The Morgan fingerprint density at radius 3 is 2.56 bits per heavy atom. The number of carbonyl (C=O) groups is 1. The molecular weight excluding hydrogens is 332 g/mol. The molecule has 1 aliphatic rings. The molecule has 1 fully saturated rings. The molecule has 5 heteroatoms. The summed E-state index contributed by atoms with van der Waals surface area (Å²) in [4.78, 5) is 17.0. The fraction of sp³-hybridized carbons (Fsp3) is 0.450. The number of benzene rings is 1. The normalized spacial score (nSPS) is 14.6. The number of thiophene rings is 1. The summed E-state index contributed by atoms with van der Waals surface area (Å²) in [5.74, 6) is -0.0128. The first kappa shape index (κ1) is 18.0. The second-order valence-electron chi connectivity index (χ2n) is 6.26. The van der Waals surface area contributed by atoms with E-state index in [-0.39, 0.29) is 5.91 Å². The second kappa shape index (κ2) is 8.50. The number of nitrogens with zero attached hydrogens (tertiary/aromatic N) is 1. The maximum atomic E-state index is 12.6. The number of ether oxygens (including phenoxy) is 1. The molecule has 4 nitrogen and oxygen atoms in total. The van der Waals surface area contributed by atoms with Crippen LogP contribution in [0, 0.1) is 0 Å². The Bertz CT molecular complexity index is 703. The van der Waals surface area contributed by atoms with Gasteiger partial charge >= 0.3 is 0 Å². The number of carbonyl (C=O) groups excluding carboxylic acids is 1.